The minimum Gasteiger partial charge on any atom is -0.497 e. The summed E-state index contributed by atoms with van der Waals surface area (Å²) in [6.45, 7) is -0.468. The van der Waals surface area contributed by atoms with Crippen molar-refractivity contribution >= 4 is 11.2 Å². The number of benzene rings is 1. The van der Waals surface area contributed by atoms with Gasteiger partial charge < -0.3 is 29.8 Å². The van der Waals surface area contributed by atoms with E-state index in [2.05, 4.69) is 15.0 Å². The summed E-state index contributed by atoms with van der Waals surface area (Å²) in [6.07, 6.45) is -3.47. The summed E-state index contributed by atoms with van der Waals surface area (Å²) in [5.41, 5.74) is 0.401. The van der Waals surface area contributed by atoms with Crippen LogP contribution < -0.4 is 10.3 Å². The van der Waals surface area contributed by atoms with Gasteiger partial charge in [0, 0.05) is 5.56 Å². The number of aromatic nitrogens is 4. The van der Waals surface area contributed by atoms with Crippen molar-refractivity contribution in [1.82, 2.24) is 19.5 Å². The number of hydrogen-bond acceptors (Lipinski definition) is 8. The molecule has 4 rings (SSSR count). The van der Waals surface area contributed by atoms with Crippen LogP contribution in [0.15, 0.2) is 35.4 Å². The van der Waals surface area contributed by atoms with Gasteiger partial charge in [-0.2, -0.15) is 0 Å². The third kappa shape index (κ3) is 2.79. The second-order valence-electron chi connectivity index (χ2n) is 6.17. The molecule has 10 nitrogen and oxygen atoms in total. The monoisotopic (exact) mass is 374 g/mol. The van der Waals surface area contributed by atoms with Gasteiger partial charge in [-0.1, -0.05) is 12.1 Å². The van der Waals surface area contributed by atoms with Gasteiger partial charge >= 0.3 is 0 Å². The lowest BCUT2D eigenvalue weighted by Crippen LogP contribution is -2.33. The summed E-state index contributed by atoms with van der Waals surface area (Å²) in [6, 6.07) is 6.99. The van der Waals surface area contributed by atoms with Crippen LogP contribution >= 0.6 is 0 Å². The van der Waals surface area contributed by atoms with Crippen LogP contribution in [0, 0.1) is 0 Å². The molecule has 0 aliphatic carbocycles. The second kappa shape index (κ2) is 6.74. The number of ether oxygens (including phenoxy) is 2. The van der Waals surface area contributed by atoms with Crippen LogP contribution in [0.2, 0.25) is 0 Å². The van der Waals surface area contributed by atoms with Gasteiger partial charge in [-0.15, -0.1) is 0 Å². The maximum Gasteiger partial charge on any atom is 0.278 e. The zero-order valence-electron chi connectivity index (χ0n) is 14.3. The van der Waals surface area contributed by atoms with E-state index in [4.69, 9.17) is 9.47 Å². The predicted octanol–water partition coefficient (Wildman–Crippen LogP) is -0.593. The number of nitrogens with one attached hydrogen (secondary N) is 1. The van der Waals surface area contributed by atoms with Crippen LogP contribution in [-0.2, 0) is 4.74 Å². The molecule has 0 amide bonds. The van der Waals surface area contributed by atoms with E-state index in [0.717, 1.165) is 0 Å². The lowest BCUT2D eigenvalue weighted by Gasteiger charge is -2.19. The highest BCUT2D eigenvalue weighted by molar-refractivity contribution is 5.76. The summed E-state index contributed by atoms with van der Waals surface area (Å²) in [7, 11) is 1.53. The normalized spacial score (nSPS) is 25.2. The molecular weight excluding hydrogens is 356 g/mol. The Balaban J connectivity index is 1.95. The maximum absolute atomic E-state index is 12.2. The molecule has 4 unspecified atom stereocenters. The Morgan fingerprint density at radius 2 is 2.15 bits per heavy atom. The Labute approximate surface area is 152 Å². The van der Waals surface area contributed by atoms with Gasteiger partial charge in [-0.3, -0.25) is 9.36 Å². The molecule has 1 aliphatic rings. The highest BCUT2D eigenvalue weighted by atomic mass is 16.6. The smallest absolute Gasteiger partial charge is 0.278 e. The molecule has 0 bridgehead atoms. The molecule has 1 aromatic carbocycles. The van der Waals surface area contributed by atoms with Crippen molar-refractivity contribution in [1.29, 1.82) is 0 Å². The fraction of sp³-hybridized carbons (Fsp3) is 0.353. The molecule has 1 aliphatic heterocycles. The van der Waals surface area contributed by atoms with Gasteiger partial charge in [0.25, 0.3) is 5.56 Å². The first kappa shape index (κ1) is 17.6. The number of aromatic amines is 1. The van der Waals surface area contributed by atoms with E-state index in [-0.39, 0.29) is 11.2 Å². The average molecular weight is 374 g/mol. The van der Waals surface area contributed by atoms with E-state index in [1.807, 2.05) is 0 Å². The Hall–Kier alpha value is -2.79. The molecule has 3 heterocycles. The largest absolute Gasteiger partial charge is 0.497 e. The lowest BCUT2D eigenvalue weighted by molar-refractivity contribution is -0.0503. The Morgan fingerprint density at radius 1 is 1.33 bits per heavy atom. The Bertz CT molecular complexity index is 1030. The third-order valence-electron chi connectivity index (χ3n) is 4.58. The van der Waals surface area contributed by atoms with Gasteiger partial charge in [0.15, 0.2) is 17.4 Å². The number of imidazole rings is 1. The summed E-state index contributed by atoms with van der Waals surface area (Å²) in [5.74, 6) is 0.886. The first-order chi connectivity index (χ1) is 13.0. The predicted molar refractivity (Wildman–Crippen MR) is 93.1 cm³/mol. The molecule has 2 aromatic heterocycles. The standard InChI is InChI=1S/C17H18N4O6/c1-26-9-4-2-3-8(5-9)14-20-11-15(18-7-19-16(11)25)21(14)17-13(24)12(23)10(6-22)27-17/h2-5,7,10,12-13,17,22-24H,6H2,1H3,(H,18,19,25). The summed E-state index contributed by atoms with van der Waals surface area (Å²) in [4.78, 5) is 23.2. The van der Waals surface area contributed by atoms with E-state index in [0.29, 0.717) is 17.1 Å². The van der Waals surface area contributed by atoms with Crippen LogP contribution in [0.5, 0.6) is 5.75 Å². The zero-order chi connectivity index (χ0) is 19.1. The molecular formula is C17H18N4O6. The first-order valence-electron chi connectivity index (χ1n) is 8.27. The zero-order valence-corrected chi connectivity index (χ0v) is 14.3. The van der Waals surface area contributed by atoms with Crippen molar-refractivity contribution in [2.75, 3.05) is 13.7 Å². The number of H-pyrrole nitrogens is 1. The fourth-order valence-corrected chi connectivity index (χ4v) is 3.22. The van der Waals surface area contributed by atoms with Crippen LogP contribution in [0.1, 0.15) is 6.23 Å². The number of fused-ring (bicyclic) bond motifs is 1. The molecule has 4 N–H and O–H groups in total. The van der Waals surface area contributed by atoms with E-state index < -0.39 is 36.7 Å². The average Bonchev–Trinajstić information content (AvgIpc) is 3.21. The van der Waals surface area contributed by atoms with Crippen molar-refractivity contribution in [3.63, 3.8) is 0 Å². The van der Waals surface area contributed by atoms with Gasteiger partial charge in [-0.25, -0.2) is 9.97 Å². The molecule has 142 valence electrons. The van der Waals surface area contributed by atoms with E-state index in [1.165, 1.54) is 18.0 Å². The van der Waals surface area contributed by atoms with Gasteiger partial charge in [-0.05, 0) is 12.1 Å². The van der Waals surface area contributed by atoms with Crippen LogP contribution in [0.4, 0.5) is 0 Å². The van der Waals surface area contributed by atoms with E-state index in [1.54, 1.807) is 24.3 Å². The first-order valence-corrected chi connectivity index (χ1v) is 8.27. The van der Waals surface area contributed by atoms with Gasteiger partial charge in [0.05, 0.1) is 20.0 Å². The number of rotatable bonds is 4. The van der Waals surface area contributed by atoms with E-state index in [9.17, 15) is 20.1 Å². The molecule has 0 saturated carbocycles. The molecule has 1 saturated heterocycles. The van der Waals surface area contributed by atoms with Crippen molar-refractivity contribution in [2.45, 2.75) is 24.5 Å². The molecule has 27 heavy (non-hydrogen) atoms. The topological polar surface area (TPSA) is 143 Å². The summed E-state index contributed by atoms with van der Waals surface area (Å²) < 4.78 is 12.3. The van der Waals surface area contributed by atoms with Crippen LogP contribution in [-0.4, -0.2) is 66.9 Å². The number of methoxy groups -OCH3 is 1. The van der Waals surface area contributed by atoms with E-state index >= 15 is 0 Å². The Morgan fingerprint density at radius 3 is 2.85 bits per heavy atom. The van der Waals surface area contributed by atoms with Gasteiger partial charge in [0.1, 0.15) is 29.9 Å². The highest BCUT2D eigenvalue weighted by Crippen LogP contribution is 2.35. The van der Waals surface area contributed by atoms with Crippen molar-refractivity contribution in [2.24, 2.45) is 0 Å². The minimum atomic E-state index is -1.34. The van der Waals surface area contributed by atoms with Crippen LogP contribution in [0.3, 0.4) is 0 Å². The third-order valence-corrected chi connectivity index (χ3v) is 4.58. The van der Waals surface area contributed by atoms with Gasteiger partial charge in [0.2, 0.25) is 0 Å². The van der Waals surface area contributed by atoms with Crippen molar-refractivity contribution < 1.29 is 24.8 Å². The fourth-order valence-electron chi connectivity index (χ4n) is 3.22. The molecule has 3 aromatic rings. The molecule has 0 radical (unpaired) electrons. The Kier molecular flexibility index (Phi) is 4.40. The SMILES string of the molecule is COc1cccc(-c2nc3c(=O)[nH]cnc3n2C2OC(CO)C(O)C2O)c1. The number of nitrogens with zero attached hydrogens (tertiary/aromatic N) is 3. The highest BCUT2D eigenvalue weighted by Gasteiger charge is 2.45. The second-order valence-corrected chi connectivity index (χ2v) is 6.17. The molecule has 0 spiro atoms. The molecule has 10 heteroatoms. The number of aliphatic hydroxyl groups excluding tert-OH is 3. The quantitative estimate of drug-likeness (QED) is 0.474. The summed E-state index contributed by atoms with van der Waals surface area (Å²) in [5, 5.41) is 30.0. The maximum atomic E-state index is 12.2. The minimum absolute atomic E-state index is 0.0630. The summed E-state index contributed by atoms with van der Waals surface area (Å²) >= 11 is 0. The number of hydrogen-bond donors (Lipinski definition) is 4. The van der Waals surface area contributed by atoms with Crippen molar-refractivity contribution in [3.8, 4) is 17.1 Å². The number of aliphatic hydroxyl groups is 3. The lowest BCUT2D eigenvalue weighted by atomic mass is 10.1. The molecule has 1 fully saturated rings. The molecule has 4 atom stereocenters. The van der Waals surface area contributed by atoms with Crippen molar-refractivity contribution in [3.05, 3.63) is 40.9 Å². The van der Waals surface area contributed by atoms with Crippen LogP contribution in [0.25, 0.3) is 22.6 Å².